The summed E-state index contributed by atoms with van der Waals surface area (Å²) in [6, 6.07) is 1.78. The van der Waals surface area contributed by atoms with E-state index >= 15 is 0 Å². The third kappa shape index (κ3) is 2.33. The van der Waals surface area contributed by atoms with Crippen LogP contribution >= 0.6 is 0 Å². The van der Waals surface area contributed by atoms with Gasteiger partial charge >= 0.3 is 0 Å². The topological polar surface area (TPSA) is 75.7 Å². The van der Waals surface area contributed by atoms with E-state index in [1.807, 2.05) is 0 Å². The van der Waals surface area contributed by atoms with Crippen molar-refractivity contribution in [2.24, 2.45) is 5.73 Å². The van der Waals surface area contributed by atoms with Crippen LogP contribution in [0.5, 0.6) is 17.2 Å². The van der Waals surface area contributed by atoms with E-state index < -0.39 is 29.4 Å². The molecule has 0 saturated heterocycles. The van der Waals surface area contributed by atoms with Gasteiger partial charge in [-0.3, -0.25) is 0 Å². The lowest BCUT2D eigenvalue weighted by Crippen LogP contribution is -2.18. The van der Waals surface area contributed by atoms with Gasteiger partial charge in [0.25, 0.3) is 5.92 Å². The largest absolute Gasteiger partial charge is 0.504 e. The monoisotopic (exact) mass is 233 g/mol. The molecule has 0 radical (unpaired) electrons. The van der Waals surface area contributed by atoms with Crippen molar-refractivity contribution in [2.45, 2.75) is 12.3 Å². The predicted octanol–water partition coefficient (Wildman–Crippen LogP) is 1.55. The molecular weight excluding hydrogens is 220 g/mol. The van der Waals surface area contributed by atoms with Gasteiger partial charge in [0.05, 0.1) is 7.11 Å². The molecule has 0 atom stereocenters. The van der Waals surface area contributed by atoms with Gasteiger partial charge in [-0.1, -0.05) is 0 Å². The molecule has 0 bridgehead atoms. The highest BCUT2D eigenvalue weighted by molar-refractivity contribution is 5.52. The van der Waals surface area contributed by atoms with E-state index in [0.717, 1.165) is 12.1 Å². The number of methoxy groups -OCH3 is 1. The van der Waals surface area contributed by atoms with E-state index in [1.165, 1.54) is 7.11 Å². The number of hydrogen-bond acceptors (Lipinski definition) is 4. The normalized spacial score (nSPS) is 11.5. The number of ether oxygens (including phenoxy) is 1. The number of phenols is 2. The number of benzene rings is 1. The first-order chi connectivity index (χ1) is 7.42. The summed E-state index contributed by atoms with van der Waals surface area (Å²) in [5.74, 6) is -4.57. The molecule has 0 unspecified atom stereocenters. The van der Waals surface area contributed by atoms with Crippen molar-refractivity contribution < 1.29 is 23.7 Å². The molecule has 0 aromatic heterocycles. The van der Waals surface area contributed by atoms with Crippen LogP contribution in [0.4, 0.5) is 8.78 Å². The summed E-state index contributed by atoms with van der Waals surface area (Å²) >= 11 is 0. The molecule has 1 rings (SSSR count). The van der Waals surface area contributed by atoms with Gasteiger partial charge in [0.15, 0.2) is 11.5 Å². The summed E-state index contributed by atoms with van der Waals surface area (Å²) in [6.45, 7) is -0.184. The molecule has 4 nitrogen and oxygen atoms in total. The van der Waals surface area contributed by atoms with Crippen LogP contribution in [0.15, 0.2) is 12.1 Å². The number of halogens is 2. The minimum Gasteiger partial charge on any atom is -0.504 e. The van der Waals surface area contributed by atoms with Gasteiger partial charge in [0, 0.05) is 12.0 Å². The second-order valence-corrected chi connectivity index (χ2v) is 3.29. The first-order valence-electron chi connectivity index (χ1n) is 4.60. The zero-order valence-corrected chi connectivity index (χ0v) is 8.70. The SMILES string of the molecule is COc1cc(C(F)(F)CCN)cc(O)c1O. The van der Waals surface area contributed by atoms with Crippen molar-refractivity contribution >= 4 is 0 Å². The molecule has 16 heavy (non-hydrogen) atoms. The quantitative estimate of drug-likeness (QED) is 0.689. The highest BCUT2D eigenvalue weighted by Gasteiger charge is 2.32. The van der Waals surface area contributed by atoms with Gasteiger partial charge in [0.1, 0.15) is 0 Å². The van der Waals surface area contributed by atoms with E-state index in [1.54, 1.807) is 0 Å². The van der Waals surface area contributed by atoms with Crippen LogP contribution in [0, 0.1) is 0 Å². The Labute approximate surface area is 91.3 Å². The first-order valence-corrected chi connectivity index (χ1v) is 4.60. The molecule has 4 N–H and O–H groups in total. The number of hydrogen-bond donors (Lipinski definition) is 3. The van der Waals surface area contributed by atoms with Crippen molar-refractivity contribution in [2.75, 3.05) is 13.7 Å². The third-order valence-electron chi connectivity index (χ3n) is 2.16. The predicted molar refractivity (Wildman–Crippen MR) is 53.9 cm³/mol. The van der Waals surface area contributed by atoms with Crippen molar-refractivity contribution in [3.8, 4) is 17.2 Å². The Morgan fingerprint density at radius 2 is 2.00 bits per heavy atom. The number of nitrogens with two attached hydrogens (primary N) is 1. The maximum absolute atomic E-state index is 13.5. The van der Waals surface area contributed by atoms with Crippen LogP contribution in [-0.4, -0.2) is 23.9 Å². The van der Waals surface area contributed by atoms with Gasteiger partial charge < -0.3 is 20.7 Å². The van der Waals surface area contributed by atoms with Crippen molar-refractivity contribution in [1.82, 2.24) is 0 Å². The van der Waals surface area contributed by atoms with Crippen LogP contribution < -0.4 is 10.5 Å². The summed E-state index contributed by atoms with van der Waals surface area (Å²) in [5, 5.41) is 18.5. The van der Waals surface area contributed by atoms with Crippen LogP contribution in [0.1, 0.15) is 12.0 Å². The molecule has 1 aromatic carbocycles. The van der Waals surface area contributed by atoms with Crippen LogP contribution in [0.2, 0.25) is 0 Å². The maximum atomic E-state index is 13.5. The molecule has 0 amide bonds. The number of phenolic OH excluding ortho intramolecular Hbond substituents is 2. The molecule has 0 aliphatic heterocycles. The average molecular weight is 233 g/mol. The highest BCUT2D eigenvalue weighted by Crippen LogP contribution is 2.42. The summed E-state index contributed by atoms with van der Waals surface area (Å²) < 4.78 is 31.6. The van der Waals surface area contributed by atoms with Gasteiger partial charge in [-0.05, 0) is 18.7 Å². The highest BCUT2D eigenvalue weighted by atomic mass is 19.3. The van der Waals surface area contributed by atoms with Crippen LogP contribution in [-0.2, 0) is 5.92 Å². The third-order valence-corrected chi connectivity index (χ3v) is 2.16. The van der Waals surface area contributed by atoms with Gasteiger partial charge in [-0.25, -0.2) is 8.78 Å². The summed E-state index contributed by atoms with van der Waals surface area (Å²) in [6.07, 6.45) is -0.541. The molecule has 0 spiro atoms. The molecule has 0 aliphatic carbocycles. The fourth-order valence-electron chi connectivity index (χ4n) is 1.29. The van der Waals surface area contributed by atoms with E-state index in [-0.39, 0.29) is 12.3 Å². The lowest BCUT2D eigenvalue weighted by Gasteiger charge is -2.17. The second kappa shape index (κ2) is 4.52. The number of rotatable bonds is 4. The zero-order valence-electron chi connectivity index (χ0n) is 8.70. The summed E-state index contributed by atoms with van der Waals surface area (Å²) in [7, 11) is 1.21. The Balaban J connectivity index is 3.20. The minimum absolute atomic E-state index is 0.184. The lowest BCUT2D eigenvalue weighted by molar-refractivity contribution is -0.0111. The van der Waals surface area contributed by atoms with Gasteiger partial charge in [-0.2, -0.15) is 0 Å². The Morgan fingerprint density at radius 3 is 2.50 bits per heavy atom. The van der Waals surface area contributed by atoms with Crippen molar-refractivity contribution in [3.63, 3.8) is 0 Å². The molecular formula is C10H13F2NO3. The standard InChI is InChI=1S/C10H13F2NO3/c1-16-8-5-6(4-7(14)9(8)15)10(11,12)2-3-13/h4-5,14-15H,2-3,13H2,1H3. The Morgan fingerprint density at radius 1 is 1.38 bits per heavy atom. The zero-order chi connectivity index (χ0) is 12.3. The van der Waals surface area contributed by atoms with Crippen molar-refractivity contribution in [3.05, 3.63) is 17.7 Å². The molecule has 0 fully saturated rings. The van der Waals surface area contributed by atoms with E-state index in [2.05, 4.69) is 4.74 Å². The number of alkyl halides is 2. The van der Waals surface area contributed by atoms with E-state index in [4.69, 9.17) is 5.73 Å². The Hall–Kier alpha value is -1.56. The molecule has 0 saturated carbocycles. The van der Waals surface area contributed by atoms with Gasteiger partial charge in [-0.15, -0.1) is 0 Å². The fourth-order valence-corrected chi connectivity index (χ4v) is 1.29. The number of aromatic hydroxyl groups is 2. The van der Waals surface area contributed by atoms with Crippen LogP contribution in [0.3, 0.4) is 0 Å². The summed E-state index contributed by atoms with van der Waals surface area (Å²) in [5.41, 5.74) is 4.63. The van der Waals surface area contributed by atoms with E-state index in [9.17, 15) is 19.0 Å². The maximum Gasteiger partial charge on any atom is 0.274 e. The van der Waals surface area contributed by atoms with E-state index in [0.29, 0.717) is 0 Å². The summed E-state index contributed by atoms with van der Waals surface area (Å²) in [4.78, 5) is 0. The Bertz CT molecular complexity index is 383. The first kappa shape index (κ1) is 12.5. The molecule has 6 heteroatoms. The second-order valence-electron chi connectivity index (χ2n) is 3.29. The van der Waals surface area contributed by atoms with Crippen LogP contribution in [0.25, 0.3) is 0 Å². The molecule has 90 valence electrons. The average Bonchev–Trinajstić information content (AvgIpc) is 2.21. The minimum atomic E-state index is -3.16. The molecule has 0 heterocycles. The van der Waals surface area contributed by atoms with Crippen molar-refractivity contribution in [1.29, 1.82) is 0 Å². The molecule has 0 aliphatic rings. The smallest absolute Gasteiger partial charge is 0.274 e. The lowest BCUT2D eigenvalue weighted by atomic mass is 10.0. The molecule has 1 aromatic rings. The fraction of sp³-hybridized carbons (Fsp3) is 0.400. The Kier molecular flexibility index (Phi) is 3.54. The van der Waals surface area contributed by atoms with Gasteiger partial charge in [0.2, 0.25) is 5.75 Å².